The fraction of sp³-hybridized carbons (Fsp3) is 0.188. The molecule has 1 atom stereocenters. The van der Waals surface area contributed by atoms with Crippen LogP contribution in [0.4, 0.5) is 0 Å². The summed E-state index contributed by atoms with van der Waals surface area (Å²) in [6.45, 7) is 0. The number of nitrogens with zero attached hydrogens (tertiary/aromatic N) is 1. The summed E-state index contributed by atoms with van der Waals surface area (Å²) in [5.41, 5.74) is 2.47. The largest absolute Gasteiger partial charge is 0.198 e. The Bertz CT molecular complexity index is 512. The predicted octanol–water partition coefficient (Wildman–Crippen LogP) is 3.52. The van der Waals surface area contributed by atoms with E-state index in [0.29, 0.717) is 0 Å². The number of hydrogen-bond acceptors (Lipinski definition) is 1. The lowest BCUT2D eigenvalue weighted by atomic mass is 9.86. The first kappa shape index (κ1) is 10.1. The van der Waals surface area contributed by atoms with E-state index in [0.717, 1.165) is 6.42 Å². The van der Waals surface area contributed by atoms with Gasteiger partial charge < -0.3 is 0 Å². The van der Waals surface area contributed by atoms with Crippen LogP contribution >= 0.6 is 0 Å². The van der Waals surface area contributed by atoms with Crippen molar-refractivity contribution in [2.24, 2.45) is 5.92 Å². The van der Waals surface area contributed by atoms with E-state index in [1.165, 1.54) is 11.1 Å². The minimum absolute atomic E-state index is 0.0583. The van der Waals surface area contributed by atoms with Gasteiger partial charge in [-0.25, -0.2) is 0 Å². The summed E-state index contributed by atoms with van der Waals surface area (Å²) in [7, 11) is 0. The number of benzene rings is 2. The van der Waals surface area contributed by atoms with Crippen LogP contribution in [0.25, 0.3) is 0 Å². The van der Waals surface area contributed by atoms with Gasteiger partial charge in [-0.2, -0.15) is 5.26 Å². The van der Waals surface area contributed by atoms with Gasteiger partial charge in [0.15, 0.2) is 0 Å². The second-order valence-electron chi connectivity index (χ2n) is 4.59. The molecule has 82 valence electrons. The first-order chi connectivity index (χ1) is 8.38. The summed E-state index contributed by atoms with van der Waals surface area (Å²) < 4.78 is 0. The summed E-state index contributed by atoms with van der Waals surface area (Å²) in [6.07, 6.45) is 0.942. The Hall–Kier alpha value is -2.07. The molecule has 2 aromatic carbocycles. The monoisotopic (exact) mass is 219 g/mol. The zero-order valence-electron chi connectivity index (χ0n) is 9.51. The lowest BCUT2D eigenvalue weighted by Gasteiger charge is -2.16. The smallest absolute Gasteiger partial charge is 0.0669 e. The molecule has 0 heterocycles. The first-order valence-electron chi connectivity index (χ1n) is 5.88. The SMILES string of the molecule is N#CC1CC1(c1ccccc1)c1ccccc1. The maximum Gasteiger partial charge on any atom is 0.0669 e. The Morgan fingerprint density at radius 1 is 0.882 bits per heavy atom. The molecule has 0 saturated heterocycles. The molecule has 0 aromatic heterocycles. The van der Waals surface area contributed by atoms with Crippen LogP contribution < -0.4 is 0 Å². The lowest BCUT2D eigenvalue weighted by molar-refractivity contribution is 0.796. The molecule has 0 spiro atoms. The van der Waals surface area contributed by atoms with Crippen molar-refractivity contribution in [3.05, 3.63) is 71.8 Å². The molecule has 1 fully saturated rings. The molecule has 0 aliphatic heterocycles. The van der Waals surface area contributed by atoms with Crippen molar-refractivity contribution in [1.82, 2.24) is 0 Å². The van der Waals surface area contributed by atoms with E-state index < -0.39 is 0 Å². The molecule has 1 unspecified atom stereocenters. The molecule has 0 N–H and O–H groups in total. The summed E-state index contributed by atoms with van der Waals surface area (Å²) >= 11 is 0. The van der Waals surface area contributed by atoms with Crippen LogP contribution in [0.5, 0.6) is 0 Å². The van der Waals surface area contributed by atoms with Crippen molar-refractivity contribution in [2.45, 2.75) is 11.8 Å². The molecule has 3 rings (SSSR count). The highest BCUT2D eigenvalue weighted by atomic mass is 14.6. The van der Waals surface area contributed by atoms with E-state index >= 15 is 0 Å². The highest BCUT2D eigenvalue weighted by molar-refractivity contribution is 5.49. The Morgan fingerprint density at radius 2 is 1.35 bits per heavy atom. The van der Waals surface area contributed by atoms with Crippen molar-refractivity contribution >= 4 is 0 Å². The molecule has 1 heteroatoms. The fourth-order valence-electron chi connectivity index (χ4n) is 2.69. The van der Waals surface area contributed by atoms with Crippen LogP contribution in [-0.4, -0.2) is 0 Å². The Kier molecular flexibility index (Phi) is 2.23. The second kappa shape index (κ2) is 3.75. The average Bonchev–Trinajstić information content (AvgIpc) is 3.17. The van der Waals surface area contributed by atoms with Crippen molar-refractivity contribution in [3.63, 3.8) is 0 Å². The van der Waals surface area contributed by atoms with Crippen LogP contribution in [0, 0.1) is 17.2 Å². The first-order valence-corrected chi connectivity index (χ1v) is 5.88. The second-order valence-corrected chi connectivity index (χ2v) is 4.59. The molecule has 0 radical (unpaired) electrons. The van der Waals surface area contributed by atoms with Crippen molar-refractivity contribution < 1.29 is 0 Å². The topological polar surface area (TPSA) is 23.8 Å². The number of nitriles is 1. The van der Waals surface area contributed by atoms with Gasteiger partial charge in [-0.3, -0.25) is 0 Å². The van der Waals surface area contributed by atoms with Gasteiger partial charge in [0.2, 0.25) is 0 Å². The summed E-state index contributed by atoms with van der Waals surface area (Å²) in [5.74, 6) is 0.118. The van der Waals surface area contributed by atoms with E-state index in [2.05, 4.69) is 30.3 Å². The third-order valence-electron chi connectivity index (χ3n) is 3.69. The Labute approximate surface area is 101 Å². The van der Waals surface area contributed by atoms with Crippen molar-refractivity contribution in [1.29, 1.82) is 5.26 Å². The third-order valence-corrected chi connectivity index (χ3v) is 3.69. The predicted molar refractivity (Wildman–Crippen MR) is 67.4 cm³/mol. The third kappa shape index (κ3) is 1.45. The standard InChI is InChI=1S/C16H13N/c17-12-15-11-16(15,13-7-3-1-4-8-13)14-9-5-2-6-10-14/h1-10,15H,11H2. The zero-order chi connectivity index (χ0) is 11.7. The summed E-state index contributed by atoms with van der Waals surface area (Å²) in [6, 6.07) is 23.2. The Balaban J connectivity index is 2.12. The highest BCUT2D eigenvalue weighted by Gasteiger charge is 2.56. The van der Waals surface area contributed by atoms with E-state index in [9.17, 15) is 5.26 Å². The molecule has 0 amide bonds. The molecule has 2 aromatic rings. The van der Waals surface area contributed by atoms with Crippen LogP contribution in [0.1, 0.15) is 17.5 Å². The van der Waals surface area contributed by atoms with Crippen LogP contribution in [0.2, 0.25) is 0 Å². The van der Waals surface area contributed by atoms with Gasteiger partial charge in [-0.05, 0) is 17.5 Å². The maximum atomic E-state index is 9.21. The lowest BCUT2D eigenvalue weighted by Crippen LogP contribution is -2.11. The molecule has 1 aliphatic carbocycles. The van der Waals surface area contributed by atoms with E-state index in [4.69, 9.17) is 0 Å². The van der Waals surface area contributed by atoms with E-state index in [1.54, 1.807) is 0 Å². The van der Waals surface area contributed by atoms with Gasteiger partial charge in [0, 0.05) is 5.41 Å². The van der Waals surface area contributed by atoms with E-state index in [1.807, 2.05) is 36.4 Å². The molecular formula is C16H13N. The molecule has 0 bridgehead atoms. The molecule has 1 nitrogen and oxygen atoms in total. The average molecular weight is 219 g/mol. The summed E-state index contributed by atoms with van der Waals surface area (Å²) in [5, 5.41) is 9.21. The van der Waals surface area contributed by atoms with Crippen LogP contribution in [0.3, 0.4) is 0 Å². The molecule has 1 aliphatic rings. The quantitative estimate of drug-likeness (QED) is 0.758. The van der Waals surface area contributed by atoms with Gasteiger partial charge in [-0.1, -0.05) is 60.7 Å². The van der Waals surface area contributed by atoms with Gasteiger partial charge in [0.25, 0.3) is 0 Å². The molecule has 17 heavy (non-hydrogen) atoms. The number of rotatable bonds is 2. The molecular weight excluding hydrogens is 206 g/mol. The minimum atomic E-state index is -0.0583. The van der Waals surface area contributed by atoms with Gasteiger partial charge in [-0.15, -0.1) is 0 Å². The van der Waals surface area contributed by atoms with Gasteiger partial charge in [0.1, 0.15) is 0 Å². The fourth-order valence-corrected chi connectivity index (χ4v) is 2.69. The van der Waals surface area contributed by atoms with Crippen LogP contribution in [0.15, 0.2) is 60.7 Å². The normalized spacial score (nSPS) is 20.5. The van der Waals surface area contributed by atoms with E-state index in [-0.39, 0.29) is 11.3 Å². The Morgan fingerprint density at radius 3 is 1.71 bits per heavy atom. The summed E-state index contributed by atoms with van der Waals surface area (Å²) in [4.78, 5) is 0. The zero-order valence-corrected chi connectivity index (χ0v) is 9.51. The highest BCUT2D eigenvalue weighted by Crippen LogP contribution is 2.58. The minimum Gasteiger partial charge on any atom is -0.198 e. The number of hydrogen-bond donors (Lipinski definition) is 0. The maximum absolute atomic E-state index is 9.21. The van der Waals surface area contributed by atoms with Gasteiger partial charge >= 0.3 is 0 Å². The molecule has 1 saturated carbocycles. The van der Waals surface area contributed by atoms with Crippen molar-refractivity contribution in [2.75, 3.05) is 0 Å². The van der Waals surface area contributed by atoms with Crippen LogP contribution in [-0.2, 0) is 5.41 Å². The van der Waals surface area contributed by atoms with Gasteiger partial charge in [0.05, 0.1) is 12.0 Å². The van der Waals surface area contributed by atoms with Crippen molar-refractivity contribution in [3.8, 4) is 6.07 Å².